The van der Waals surface area contributed by atoms with E-state index in [-0.39, 0.29) is 17.6 Å². The quantitative estimate of drug-likeness (QED) is 0.904. The first-order valence-electron chi connectivity index (χ1n) is 7.69. The van der Waals surface area contributed by atoms with E-state index in [1.807, 2.05) is 26.0 Å². The van der Waals surface area contributed by atoms with Gasteiger partial charge in [0.05, 0.1) is 11.3 Å². The van der Waals surface area contributed by atoms with Gasteiger partial charge in [-0.15, -0.1) is 0 Å². The number of benzene rings is 1. The number of carbonyl (C=O) groups is 1. The van der Waals surface area contributed by atoms with Gasteiger partial charge in [0.2, 0.25) is 0 Å². The number of ether oxygens (including phenoxy) is 1. The highest BCUT2D eigenvalue weighted by atomic mass is 35.5. The third-order valence-electron chi connectivity index (χ3n) is 3.99. The summed E-state index contributed by atoms with van der Waals surface area (Å²) in [6, 6.07) is 9.23. The average Bonchev–Trinajstić information content (AvgIpc) is 2.97. The lowest BCUT2D eigenvalue weighted by Crippen LogP contribution is -2.45. The van der Waals surface area contributed by atoms with E-state index in [0.717, 1.165) is 24.1 Å². The Bertz CT molecular complexity index is 694. The zero-order valence-electron chi connectivity index (χ0n) is 13.2. The van der Waals surface area contributed by atoms with Gasteiger partial charge in [-0.25, -0.2) is 0 Å². The van der Waals surface area contributed by atoms with E-state index in [0.29, 0.717) is 17.3 Å². The molecule has 1 aliphatic heterocycles. The molecule has 1 unspecified atom stereocenters. The van der Waals surface area contributed by atoms with E-state index in [1.165, 1.54) is 0 Å². The molecule has 122 valence electrons. The van der Waals surface area contributed by atoms with Crippen LogP contribution in [-0.2, 0) is 4.74 Å². The van der Waals surface area contributed by atoms with Crippen molar-refractivity contribution in [3.63, 3.8) is 0 Å². The molecule has 1 aliphatic rings. The molecule has 1 saturated heterocycles. The van der Waals surface area contributed by atoms with E-state index >= 15 is 0 Å². The maximum Gasteiger partial charge on any atom is 0.269 e. The minimum absolute atomic E-state index is 0.119. The molecule has 0 spiro atoms. The van der Waals surface area contributed by atoms with Crippen LogP contribution in [0.5, 0.6) is 0 Å². The smallest absolute Gasteiger partial charge is 0.269 e. The van der Waals surface area contributed by atoms with Gasteiger partial charge in [0.25, 0.3) is 5.91 Å². The molecular formula is C17H20ClN3O2. The first-order valence-corrected chi connectivity index (χ1v) is 8.07. The molecule has 0 aliphatic carbocycles. The monoisotopic (exact) mass is 333 g/mol. The van der Waals surface area contributed by atoms with Crippen molar-refractivity contribution in [1.29, 1.82) is 0 Å². The number of aromatic nitrogens is 2. The molecule has 5 nitrogen and oxygen atoms in total. The minimum Gasteiger partial charge on any atom is -0.375 e. The summed E-state index contributed by atoms with van der Waals surface area (Å²) in [5, 5.41) is 10.7. The SMILES string of the molecule is CC1(C)CC(NC(=O)c2cc(-c3ccc(Cl)cc3)n[nH]2)CCO1. The summed E-state index contributed by atoms with van der Waals surface area (Å²) in [7, 11) is 0. The van der Waals surface area contributed by atoms with Crippen molar-refractivity contribution in [3.05, 3.63) is 41.0 Å². The predicted octanol–water partition coefficient (Wildman–Crippen LogP) is 3.42. The molecule has 1 aromatic carbocycles. The molecule has 23 heavy (non-hydrogen) atoms. The highest BCUT2D eigenvalue weighted by molar-refractivity contribution is 6.30. The van der Waals surface area contributed by atoms with Gasteiger partial charge in [-0.2, -0.15) is 5.10 Å². The van der Waals surface area contributed by atoms with Crippen LogP contribution in [0.1, 0.15) is 37.2 Å². The first-order chi connectivity index (χ1) is 10.9. The third kappa shape index (κ3) is 3.92. The van der Waals surface area contributed by atoms with Crippen molar-refractivity contribution < 1.29 is 9.53 Å². The Labute approximate surface area is 140 Å². The number of nitrogens with zero attached hydrogens (tertiary/aromatic N) is 1. The van der Waals surface area contributed by atoms with E-state index in [2.05, 4.69) is 15.5 Å². The predicted molar refractivity (Wildman–Crippen MR) is 89.6 cm³/mol. The zero-order chi connectivity index (χ0) is 16.4. The van der Waals surface area contributed by atoms with Gasteiger partial charge >= 0.3 is 0 Å². The Morgan fingerprint density at radius 1 is 1.39 bits per heavy atom. The number of rotatable bonds is 3. The summed E-state index contributed by atoms with van der Waals surface area (Å²) in [5.74, 6) is -0.139. The van der Waals surface area contributed by atoms with Gasteiger partial charge in [0.1, 0.15) is 5.69 Å². The van der Waals surface area contributed by atoms with E-state index in [1.54, 1.807) is 18.2 Å². The number of hydrogen-bond donors (Lipinski definition) is 2. The number of halogens is 1. The highest BCUT2D eigenvalue weighted by Crippen LogP contribution is 2.24. The topological polar surface area (TPSA) is 67.0 Å². The molecule has 1 aromatic heterocycles. The zero-order valence-corrected chi connectivity index (χ0v) is 14.0. The summed E-state index contributed by atoms with van der Waals surface area (Å²) < 4.78 is 5.67. The van der Waals surface area contributed by atoms with Gasteiger partial charge in [0.15, 0.2) is 0 Å². The third-order valence-corrected chi connectivity index (χ3v) is 4.25. The molecule has 1 atom stereocenters. The molecule has 6 heteroatoms. The fraction of sp³-hybridized carbons (Fsp3) is 0.412. The Morgan fingerprint density at radius 2 is 2.13 bits per heavy atom. The standard InChI is InChI=1S/C17H20ClN3O2/c1-17(2)10-13(7-8-23-17)19-16(22)15-9-14(20-21-15)11-3-5-12(18)6-4-11/h3-6,9,13H,7-8,10H2,1-2H3,(H,19,22)(H,20,21). The number of carbonyl (C=O) groups excluding carboxylic acids is 1. The molecule has 2 aromatic rings. The van der Waals surface area contributed by atoms with Gasteiger partial charge in [-0.3, -0.25) is 9.89 Å². The molecule has 0 radical (unpaired) electrons. The van der Waals surface area contributed by atoms with Crippen molar-refractivity contribution >= 4 is 17.5 Å². The van der Waals surface area contributed by atoms with Crippen molar-refractivity contribution in [2.45, 2.75) is 38.3 Å². The fourth-order valence-electron chi connectivity index (χ4n) is 2.82. The maximum atomic E-state index is 12.4. The Kier molecular flexibility index (Phi) is 4.41. The second-order valence-corrected chi connectivity index (χ2v) is 6.88. The summed E-state index contributed by atoms with van der Waals surface area (Å²) in [4.78, 5) is 12.4. The van der Waals surface area contributed by atoms with E-state index < -0.39 is 0 Å². The molecule has 2 N–H and O–H groups in total. The van der Waals surface area contributed by atoms with Crippen LogP contribution in [0.3, 0.4) is 0 Å². The van der Waals surface area contributed by atoms with Crippen LogP contribution in [-0.4, -0.2) is 34.4 Å². The second-order valence-electron chi connectivity index (χ2n) is 6.45. The van der Waals surface area contributed by atoms with Crippen LogP contribution in [0.4, 0.5) is 0 Å². The molecule has 0 bridgehead atoms. The summed E-state index contributed by atoms with van der Waals surface area (Å²) in [6.45, 7) is 4.75. The lowest BCUT2D eigenvalue weighted by Gasteiger charge is -2.35. The van der Waals surface area contributed by atoms with Crippen LogP contribution >= 0.6 is 11.6 Å². The Hall–Kier alpha value is -1.85. The number of H-pyrrole nitrogens is 1. The summed E-state index contributed by atoms with van der Waals surface area (Å²) >= 11 is 5.88. The van der Waals surface area contributed by atoms with E-state index in [4.69, 9.17) is 16.3 Å². The second kappa shape index (κ2) is 6.34. The van der Waals surface area contributed by atoms with Crippen molar-refractivity contribution in [3.8, 4) is 11.3 Å². The van der Waals surface area contributed by atoms with Crippen LogP contribution in [0.25, 0.3) is 11.3 Å². The average molecular weight is 334 g/mol. The molecule has 2 heterocycles. The lowest BCUT2D eigenvalue weighted by molar-refractivity contribution is -0.0615. The Balaban J connectivity index is 1.68. The van der Waals surface area contributed by atoms with Crippen molar-refractivity contribution in [1.82, 2.24) is 15.5 Å². The molecular weight excluding hydrogens is 314 g/mol. The van der Waals surface area contributed by atoms with Gasteiger partial charge < -0.3 is 10.1 Å². The summed E-state index contributed by atoms with van der Waals surface area (Å²) in [6.07, 6.45) is 1.63. The number of aromatic amines is 1. The number of amides is 1. The highest BCUT2D eigenvalue weighted by Gasteiger charge is 2.30. The minimum atomic E-state index is -0.196. The maximum absolute atomic E-state index is 12.4. The van der Waals surface area contributed by atoms with E-state index in [9.17, 15) is 4.79 Å². The molecule has 1 amide bonds. The van der Waals surface area contributed by atoms with Crippen LogP contribution in [0.2, 0.25) is 5.02 Å². The van der Waals surface area contributed by atoms with Gasteiger partial charge in [-0.1, -0.05) is 23.7 Å². The molecule has 3 rings (SSSR count). The van der Waals surface area contributed by atoms with Gasteiger partial charge in [0, 0.05) is 23.2 Å². The van der Waals surface area contributed by atoms with Gasteiger partial charge in [-0.05, 0) is 44.9 Å². The fourth-order valence-corrected chi connectivity index (χ4v) is 2.95. The summed E-state index contributed by atoms with van der Waals surface area (Å²) in [5.41, 5.74) is 1.90. The normalized spacial score (nSPS) is 20.2. The molecule has 0 saturated carbocycles. The number of nitrogens with one attached hydrogen (secondary N) is 2. The lowest BCUT2D eigenvalue weighted by atomic mass is 9.94. The van der Waals surface area contributed by atoms with Crippen LogP contribution < -0.4 is 5.32 Å². The van der Waals surface area contributed by atoms with Crippen LogP contribution in [0, 0.1) is 0 Å². The van der Waals surface area contributed by atoms with Crippen molar-refractivity contribution in [2.24, 2.45) is 0 Å². The van der Waals surface area contributed by atoms with Crippen molar-refractivity contribution in [2.75, 3.05) is 6.61 Å². The Morgan fingerprint density at radius 3 is 2.83 bits per heavy atom. The first kappa shape index (κ1) is 16.0. The largest absolute Gasteiger partial charge is 0.375 e. The molecule has 1 fully saturated rings. The number of hydrogen-bond acceptors (Lipinski definition) is 3. The van der Waals surface area contributed by atoms with Crippen LogP contribution in [0.15, 0.2) is 30.3 Å².